The van der Waals surface area contributed by atoms with Crippen molar-refractivity contribution in [3.8, 4) is 5.75 Å². The molecule has 0 bridgehead atoms. The largest absolute Gasteiger partial charge is 0.488 e. The van der Waals surface area contributed by atoms with Crippen molar-refractivity contribution in [3.05, 3.63) is 94.8 Å². The summed E-state index contributed by atoms with van der Waals surface area (Å²) in [5.74, 6) is 0.364. The van der Waals surface area contributed by atoms with E-state index in [1.54, 1.807) is 24.5 Å². The molecule has 2 aromatic carbocycles. The molecular weight excluding hydrogens is 348 g/mol. The standard InChI is InChI=1S/C21H19ClN2O2/c1-15(17-10-12-23-13-11-17)24-21(25)19-4-2-3-5-20(19)26-14-16-6-8-18(22)9-7-16/h2-13,15H,14H2,1H3,(H,24,25). The van der Waals surface area contributed by atoms with E-state index in [1.807, 2.05) is 55.5 Å². The van der Waals surface area contributed by atoms with Crippen LogP contribution in [-0.2, 0) is 6.61 Å². The fraction of sp³-hybridized carbons (Fsp3) is 0.143. The van der Waals surface area contributed by atoms with E-state index < -0.39 is 0 Å². The molecular formula is C21H19ClN2O2. The topological polar surface area (TPSA) is 51.2 Å². The molecule has 26 heavy (non-hydrogen) atoms. The zero-order valence-corrected chi connectivity index (χ0v) is 15.1. The Kier molecular flexibility index (Phi) is 5.87. The lowest BCUT2D eigenvalue weighted by molar-refractivity contribution is 0.0935. The molecule has 3 aromatic rings. The number of rotatable bonds is 6. The maximum Gasteiger partial charge on any atom is 0.255 e. The van der Waals surface area contributed by atoms with Crippen LogP contribution in [0.25, 0.3) is 0 Å². The summed E-state index contributed by atoms with van der Waals surface area (Å²) < 4.78 is 5.86. The minimum Gasteiger partial charge on any atom is -0.488 e. The van der Waals surface area contributed by atoms with Crippen LogP contribution in [-0.4, -0.2) is 10.9 Å². The van der Waals surface area contributed by atoms with Gasteiger partial charge in [0.1, 0.15) is 12.4 Å². The summed E-state index contributed by atoms with van der Waals surface area (Å²) in [4.78, 5) is 16.7. The fourth-order valence-corrected chi connectivity index (χ4v) is 2.66. The van der Waals surface area contributed by atoms with Gasteiger partial charge in [0.2, 0.25) is 0 Å². The fourth-order valence-electron chi connectivity index (χ4n) is 2.53. The molecule has 0 aliphatic heterocycles. The van der Waals surface area contributed by atoms with Gasteiger partial charge >= 0.3 is 0 Å². The molecule has 1 unspecified atom stereocenters. The summed E-state index contributed by atoms with van der Waals surface area (Å²) in [6, 6.07) is 18.3. The summed E-state index contributed by atoms with van der Waals surface area (Å²) in [5.41, 5.74) is 2.48. The average molecular weight is 367 g/mol. The molecule has 0 fully saturated rings. The third kappa shape index (κ3) is 4.61. The van der Waals surface area contributed by atoms with Crippen molar-refractivity contribution < 1.29 is 9.53 Å². The number of aromatic nitrogens is 1. The Balaban J connectivity index is 1.69. The molecule has 1 N–H and O–H groups in total. The van der Waals surface area contributed by atoms with Gasteiger partial charge in [-0.2, -0.15) is 0 Å². The molecule has 132 valence electrons. The minimum absolute atomic E-state index is 0.130. The average Bonchev–Trinajstić information content (AvgIpc) is 2.68. The lowest BCUT2D eigenvalue weighted by atomic mass is 10.1. The van der Waals surface area contributed by atoms with Crippen LogP contribution in [0.15, 0.2) is 73.1 Å². The molecule has 0 radical (unpaired) electrons. The molecule has 0 aliphatic rings. The first-order valence-corrected chi connectivity index (χ1v) is 8.68. The number of nitrogens with one attached hydrogen (secondary N) is 1. The molecule has 0 aliphatic carbocycles. The quantitative estimate of drug-likeness (QED) is 0.681. The number of carbonyl (C=O) groups is 1. The van der Waals surface area contributed by atoms with Crippen LogP contribution < -0.4 is 10.1 Å². The first kappa shape index (κ1) is 18.0. The Hall–Kier alpha value is -2.85. The predicted molar refractivity (Wildman–Crippen MR) is 102 cm³/mol. The predicted octanol–water partition coefficient (Wildman–Crippen LogP) is 4.81. The van der Waals surface area contributed by atoms with E-state index in [1.165, 1.54) is 0 Å². The maximum atomic E-state index is 12.7. The van der Waals surface area contributed by atoms with Gasteiger partial charge in [-0.3, -0.25) is 9.78 Å². The number of hydrogen-bond acceptors (Lipinski definition) is 3. The highest BCUT2D eigenvalue weighted by Crippen LogP contribution is 2.21. The number of nitrogens with zero attached hydrogens (tertiary/aromatic N) is 1. The zero-order chi connectivity index (χ0) is 18.4. The molecule has 1 aromatic heterocycles. The van der Waals surface area contributed by atoms with Gasteiger partial charge in [0, 0.05) is 17.4 Å². The van der Waals surface area contributed by atoms with Gasteiger partial charge in [0.25, 0.3) is 5.91 Å². The van der Waals surface area contributed by atoms with Crippen molar-refractivity contribution in [1.29, 1.82) is 0 Å². The Bertz CT molecular complexity index is 867. The van der Waals surface area contributed by atoms with Crippen molar-refractivity contribution in [1.82, 2.24) is 10.3 Å². The van der Waals surface area contributed by atoms with E-state index in [-0.39, 0.29) is 11.9 Å². The van der Waals surface area contributed by atoms with Crippen LogP contribution in [0, 0.1) is 0 Å². The number of benzene rings is 2. The third-order valence-electron chi connectivity index (χ3n) is 3.99. The van der Waals surface area contributed by atoms with Crippen molar-refractivity contribution >= 4 is 17.5 Å². The molecule has 1 heterocycles. The van der Waals surface area contributed by atoms with Gasteiger partial charge in [-0.15, -0.1) is 0 Å². The van der Waals surface area contributed by atoms with Gasteiger partial charge in [-0.1, -0.05) is 35.9 Å². The van der Waals surface area contributed by atoms with Crippen molar-refractivity contribution in [2.45, 2.75) is 19.6 Å². The molecule has 0 saturated heterocycles. The SMILES string of the molecule is CC(NC(=O)c1ccccc1OCc1ccc(Cl)cc1)c1ccncc1. The number of carbonyl (C=O) groups excluding carboxylic acids is 1. The number of para-hydroxylation sites is 1. The molecule has 5 heteroatoms. The summed E-state index contributed by atoms with van der Waals surface area (Å²) in [6.45, 7) is 2.30. The van der Waals surface area contributed by atoms with E-state index in [2.05, 4.69) is 10.3 Å². The van der Waals surface area contributed by atoms with Crippen molar-refractivity contribution in [2.75, 3.05) is 0 Å². The highest BCUT2D eigenvalue weighted by Gasteiger charge is 2.15. The summed E-state index contributed by atoms with van der Waals surface area (Å²) in [7, 11) is 0. The van der Waals surface area contributed by atoms with E-state index >= 15 is 0 Å². The first-order valence-electron chi connectivity index (χ1n) is 8.30. The lowest BCUT2D eigenvalue weighted by Gasteiger charge is -2.16. The third-order valence-corrected chi connectivity index (χ3v) is 4.24. The second-order valence-electron chi connectivity index (χ2n) is 5.89. The van der Waals surface area contributed by atoms with Gasteiger partial charge in [0.05, 0.1) is 11.6 Å². The Morgan fingerprint density at radius 3 is 2.50 bits per heavy atom. The highest BCUT2D eigenvalue weighted by molar-refractivity contribution is 6.30. The van der Waals surface area contributed by atoms with Crippen LogP contribution in [0.5, 0.6) is 5.75 Å². The number of hydrogen-bond donors (Lipinski definition) is 1. The first-order chi connectivity index (χ1) is 12.6. The van der Waals surface area contributed by atoms with Gasteiger partial charge in [0.15, 0.2) is 0 Å². The van der Waals surface area contributed by atoms with Gasteiger partial charge in [-0.05, 0) is 54.4 Å². The Morgan fingerprint density at radius 1 is 1.08 bits per heavy atom. The van der Waals surface area contributed by atoms with Crippen molar-refractivity contribution in [3.63, 3.8) is 0 Å². The Morgan fingerprint density at radius 2 is 1.77 bits per heavy atom. The van der Waals surface area contributed by atoms with Crippen LogP contribution in [0.4, 0.5) is 0 Å². The second-order valence-corrected chi connectivity index (χ2v) is 6.32. The van der Waals surface area contributed by atoms with Crippen LogP contribution in [0.1, 0.15) is 34.5 Å². The normalized spacial score (nSPS) is 11.6. The molecule has 1 amide bonds. The number of halogens is 1. The summed E-state index contributed by atoms with van der Waals surface area (Å²) >= 11 is 5.90. The highest BCUT2D eigenvalue weighted by atomic mass is 35.5. The van der Waals surface area contributed by atoms with Gasteiger partial charge in [-0.25, -0.2) is 0 Å². The molecule has 1 atom stereocenters. The van der Waals surface area contributed by atoms with Crippen molar-refractivity contribution in [2.24, 2.45) is 0 Å². The Labute approximate surface area is 157 Å². The molecule has 3 rings (SSSR count). The maximum absolute atomic E-state index is 12.7. The summed E-state index contributed by atoms with van der Waals surface area (Å²) in [5, 5.41) is 3.67. The van der Waals surface area contributed by atoms with E-state index in [0.717, 1.165) is 11.1 Å². The number of ether oxygens (including phenoxy) is 1. The monoisotopic (exact) mass is 366 g/mol. The number of pyridine rings is 1. The molecule has 0 spiro atoms. The molecule has 0 saturated carbocycles. The number of amides is 1. The van der Waals surface area contributed by atoms with Crippen LogP contribution in [0.3, 0.4) is 0 Å². The van der Waals surface area contributed by atoms with E-state index in [0.29, 0.717) is 22.9 Å². The van der Waals surface area contributed by atoms with E-state index in [9.17, 15) is 4.79 Å². The van der Waals surface area contributed by atoms with Crippen LogP contribution >= 0.6 is 11.6 Å². The van der Waals surface area contributed by atoms with Gasteiger partial charge < -0.3 is 10.1 Å². The zero-order valence-electron chi connectivity index (χ0n) is 14.4. The smallest absolute Gasteiger partial charge is 0.255 e. The van der Waals surface area contributed by atoms with E-state index in [4.69, 9.17) is 16.3 Å². The minimum atomic E-state index is -0.180. The lowest BCUT2D eigenvalue weighted by Crippen LogP contribution is -2.27. The second kappa shape index (κ2) is 8.50. The summed E-state index contributed by atoms with van der Waals surface area (Å²) in [6.07, 6.45) is 3.42. The van der Waals surface area contributed by atoms with Crippen LogP contribution in [0.2, 0.25) is 5.02 Å². The molecule has 4 nitrogen and oxygen atoms in total.